The van der Waals surface area contributed by atoms with Gasteiger partial charge in [-0.1, -0.05) is 128 Å². The minimum absolute atomic E-state index is 0.207. The van der Waals surface area contributed by atoms with Crippen LogP contribution in [0.2, 0.25) is 0 Å². The van der Waals surface area contributed by atoms with Crippen LogP contribution in [0.4, 0.5) is 0 Å². The number of rotatable bonds is 36. The van der Waals surface area contributed by atoms with E-state index in [-0.39, 0.29) is 6.61 Å². The van der Waals surface area contributed by atoms with Crippen molar-refractivity contribution in [3.8, 4) is 0 Å². The third-order valence-corrected chi connectivity index (χ3v) is 14.1. The largest absolute Gasteiger partial charge is 0.474 e. The van der Waals surface area contributed by atoms with Crippen molar-refractivity contribution in [2.75, 3.05) is 13.2 Å². The van der Waals surface area contributed by atoms with Gasteiger partial charge in [0.15, 0.2) is 6.29 Å². The lowest BCUT2D eigenvalue weighted by molar-refractivity contribution is -0.281. The Morgan fingerprint density at radius 3 is 0.915 bits per heavy atom. The van der Waals surface area contributed by atoms with Gasteiger partial charge in [-0.15, -0.1) is 0 Å². The van der Waals surface area contributed by atoms with Gasteiger partial charge in [-0.25, -0.2) is 4.57 Å². The Morgan fingerprint density at radius 2 is 0.662 bits per heavy atom. The molecule has 71 heavy (non-hydrogen) atoms. The minimum atomic E-state index is -4.67. The fraction of sp³-hybridized carbons (Fsp3) is 0.639. The maximum Gasteiger partial charge on any atom is 0.474 e. The smallest absolute Gasteiger partial charge is 0.394 e. The summed E-state index contributed by atoms with van der Waals surface area (Å²) in [5.74, 6) is 0. The van der Waals surface area contributed by atoms with Crippen LogP contribution in [-0.4, -0.2) is 69.2 Å². The molecule has 0 saturated carbocycles. The molecule has 1 fully saturated rings. The zero-order valence-electron chi connectivity index (χ0n) is 46.6. The SMILES string of the molecule is CC(C)=CCC/C(C)=C/CC/C(C)=C/CC/C(C)=C\CC/C(C)=C\CC/C(C)=C\CC/C(C)=C\CC/C(C)=C\CC/C(C)=C\CC/C(C)=C\CC/C(C)=C\COP(=O)(O)O[C@@H]1O[C@H](CO)[C@@H](O)[C@H](O)[C@@H]1O. The number of aliphatic hydroxyl groups excluding tert-OH is 4. The third kappa shape index (κ3) is 34.2. The molecule has 0 aromatic heterocycles. The second-order valence-electron chi connectivity index (χ2n) is 20.7. The first-order valence-corrected chi connectivity index (χ1v) is 28.3. The molecule has 1 heterocycles. The van der Waals surface area contributed by atoms with E-state index < -0.39 is 45.1 Å². The van der Waals surface area contributed by atoms with Gasteiger partial charge in [0.05, 0.1) is 13.2 Å². The van der Waals surface area contributed by atoms with Gasteiger partial charge in [0, 0.05) is 0 Å². The average molecular weight is 1010 g/mol. The monoisotopic (exact) mass is 1010 g/mol. The van der Waals surface area contributed by atoms with E-state index in [2.05, 4.69) is 137 Å². The van der Waals surface area contributed by atoms with Gasteiger partial charge in [-0.05, 0) is 212 Å². The summed E-state index contributed by atoms with van der Waals surface area (Å²) < 4.78 is 27.4. The molecule has 0 spiro atoms. The lowest BCUT2D eigenvalue weighted by Crippen LogP contribution is -2.58. The number of phosphoric ester groups is 1. The summed E-state index contributed by atoms with van der Waals surface area (Å²) in [6, 6.07) is 0. The van der Waals surface area contributed by atoms with Gasteiger partial charge in [0.1, 0.15) is 24.4 Å². The van der Waals surface area contributed by atoms with Crippen molar-refractivity contribution in [2.24, 2.45) is 0 Å². The van der Waals surface area contributed by atoms with Crippen LogP contribution in [0.3, 0.4) is 0 Å². The molecule has 0 aliphatic carbocycles. The Bertz CT molecular complexity index is 1930. The molecule has 0 amide bonds. The summed E-state index contributed by atoms with van der Waals surface area (Å²) in [5.41, 5.74) is 15.6. The summed E-state index contributed by atoms with van der Waals surface area (Å²) in [6.07, 6.45) is 39.1. The number of ether oxygens (including phenoxy) is 1. The van der Waals surface area contributed by atoms with Gasteiger partial charge in [-0.3, -0.25) is 9.05 Å². The van der Waals surface area contributed by atoms with Crippen LogP contribution >= 0.6 is 7.82 Å². The minimum Gasteiger partial charge on any atom is -0.394 e. The molecule has 1 aliphatic heterocycles. The summed E-state index contributed by atoms with van der Waals surface area (Å²) in [6.45, 7) is 25.7. The maximum absolute atomic E-state index is 12.4. The van der Waals surface area contributed by atoms with E-state index in [1.807, 2.05) is 6.92 Å². The van der Waals surface area contributed by atoms with Crippen LogP contribution in [0.25, 0.3) is 0 Å². The van der Waals surface area contributed by atoms with Crippen LogP contribution in [0.1, 0.15) is 212 Å². The standard InChI is InChI=1S/C61H101O9P/c1-46(2)23-13-24-47(3)25-14-26-48(4)27-15-28-49(5)29-16-30-50(6)31-17-32-51(7)33-18-34-52(8)35-19-36-53(9)37-20-38-54(10)39-21-40-55(11)41-22-42-56(12)43-44-68-71(66,67)70-61-60(65)59(64)58(63)57(45-62)69-61/h23,25,27,29,31,33,35,37,39,41,43,57-65H,13-22,24,26,28,30,32,34,36,38,40,42,44-45H2,1-12H3,(H,66,67)/b47-25+,48-27+,49-29-,50-31-,51-33-,52-35-,53-37-,54-39-,55-41-,56-43-/t57-,58-,59+,60+,61+/m1/s1. The molecule has 1 rings (SSSR count). The van der Waals surface area contributed by atoms with E-state index >= 15 is 0 Å². The Morgan fingerprint density at radius 1 is 0.408 bits per heavy atom. The second kappa shape index (κ2) is 38.6. The molecule has 10 heteroatoms. The number of phosphoric acid groups is 1. The second-order valence-corrected chi connectivity index (χ2v) is 22.1. The molecule has 0 aromatic carbocycles. The molecule has 0 aromatic rings. The Hall–Kier alpha value is -2.95. The Kier molecular flexibility index (Phi) is 35.9. The Labute approximate surface area is 433 Å². The highest BCUT2D eigenvalue weighted by Crippen LogP contribution is 2.46. The molecule has 9 nitrogen and oxygen atoms in total. The van der Waals surface area contributed by atoms with Gasteiger partial charge in [0.2, 0.25) is 0 Å². The van der Waals surface area contributed by atoms with Crippen molar-refractivity contribution in [3.63, 3.8) is 0 Å². The lowest BCUT2D eigenvalue weighted by Gasteiger charge is -2.39. The van der Waals surface area contributed by atoms with E-state index in [1.54, 1.807) is 6.08 Å². The third-order valence-electron chi connectivity index (χ3n) is 13.1. The van der Waals surface area contributed by atoms with Crippen molar-refractivity contribution >= 4 is 7.82 Å². The topological polar surface area (TPSA) is 146 Å². The first-order valence-electron chi connectivity index (χ1n) is 26.8. The number of aliphatic hydroxyl groups is 4. The van der Waals surface area contributed by atoms with E-state index in [0.717, 1.165) is 121 Å². The molecule has 0 radical (unpaired) electrons. The zero-order valence-corrected chi connectivity index (χ0v) is 47.5. The number of allylic oxidation sites excluding steroid dienone is 21. The summed E-state index contributed by atoms with van der Waals surface area (Å²) >= 11 is 0. The molecule has 1 saturated heterocycles. The predicted molar refractivity (Wildman–Crippen MR) is 300 cm³/mol. The maximum atomic E-state index is 12.4. The first kappa shape index (κ1) is 66.1. The van der Waals surface area contributed by atoms with Crippen molar-refractivity contribution < 1.29 is 43.7 Å². The highest BCUT2D eigenvalue weighted by molar-refractivity contribution is 7.47. The van der Waals surface area contributed by atoms with E-state index in [1.165, 1.54) is 68.6 Å². The van der Waals surface area contributed by atoms with E-state index in [4.69, 9.17) is 13.8 Å². The summed E-state index contributed by atoms with van der Waals surface area (Å²) in [4.78, 5) is 10.1. The predicted octanol–water partition coefficient (Wildman–Crippen LogP) is 16.2. The van der Waals surface area contributed by atoms with Gasteiger partial charge in [0.25, 0.3) is 0 Å². The van der Waals surface area contributed by atoms with Crippen LogP contribution in [0.15, 0.2) is 128 Å². The number of hydrogen-bond donors (Lipinski definition) is 5. The summed E-state index contributed by atoms with van der Waals surface area (Å²) in [7, 11) is -4.67. The molecule has 1 unspecified atom stereocenters. The molecule has 6 atom stereocenters. The van der Waals surface area contributed by atoms with E-state index in [9.17, 15) is 29.9 Å². The van der Waals surface area contributed by atoms with Gasteiger partial charge >= 0.3 is 7.82 Å². The zero-order chi connectivity index (χ0) is 53.2. The fourth-order valence-corrected chi connectivity index (χ4v) is 8.88. The molecule has 5 N–H and O–H groups in total. The van der Waals surface area contributed by atoms with Crippen molar-refractivity contribution in [1.82, 2.24) is 0 Å². The van der Waals surface area contributed by atoms with Crippen molar-refractivity contribution in [1.29, 1.82) is 0 Å². The van der Waals surface area contributed by atoms with Crippen LogP contribution < -0.4 is 0 Å². The van der Waals surface area contributed by atoms with Crippen LogP contribution in [-0.2, 0) is 18.3 Å². The highest BCUT2D eigenvalue weighted by atomic mass is 31.2. The Balaban J connectivity index is 2.26. The summed E-state index contributed by atoms with van der Waals surface area (Å²) in [5, 5.41) is 39.1. The molecule has 0 bridgehead atoms. The van der Waals surface area contributed by atoms with Crippen LogP contribution in [0.5, 0.6) is 0 Å². The first-order chi connectivity index (χ1) is 33.6. The van der Waals surface area contributed by atoms with Gasteiger partial charge in [-0.2, -0.15) is 0 Å². The van der Waals surface area contributed by atoms with Crippen LogP contribution in [0, 0.1) is 0 Å². The normalized spacial score (nSPS) is 21.8. The van der Waals surface area contributed by atoms with Crippen molar-refractivity contribution in [3.05, 3.63) is 128 Å². The highest BCUT2D eigenvalue weighted by Gasteiger charge is 2.46. The number of hydrogen-bond acceptors (Lipinski definition) is 8. The van der Waals surface area contributed by atoms with Crippen molar-refractivity contribution in [2.45, 2.75) is 242 Å². The average Bonchev–Trinajstić information content (AvgIpc) is 3.29. The quantitative estimate of drug-likeness (QED) is 0.0306. The molecular weight excluding hydrogens is 908 g/mol. The fourth-order valence-electron chi connectivity index (χ4n) is 8.12. The molecule has 404 valence electrons. The lowest BCUT2D eigenvalue weighted by atomic mass is 10.00. The molecular formula is C61H101O9P. The van der Waals surface area contributed by atoms with E-state index in [0.29, 0.717) is 0 Å². The molecule has 1 aliphatic rings. The van der Waals surface area contributed by atoms with Gasteiger partial charge < -0.3 is 30.1 Å².